The first kappa shape index (κ1) is 31.3. The topological polar surface area (TPSA) is 9.23 Å². The zero-order chi connectivity index (χ0) is 28.2. The Morgan fingerprint density at radius 2 is 1.08 bits per heavy atom. The van der Waals surface area contributed by atoms with Gasteiger partial charge < -0.3 is 4.74 Å². The highest BCUT2D eigenvalue weighted by molar-refractivity contribution is 6.30. The summed E-state index contributed by atoms with van der Waals surface area (Å²) in [6.45, 7) is 12.0. The second kappa shape index (κ2) is 16.1. The highest BCUT2D eigenvalue weighted by atomic mass is 35.5. The lowest BCUT2D eigenvalue weighted by molar-refractivity contribution is 0.355. The number of halogens is 1. The van der Waals surface area contributed by atoms with Crippen molar-refractivity contribution in [3.63, 3.8) is 0 Å². The third kappa shape index (κ3) is 10.7. The molecule has 5 unspecified atom stereocenters. The van der Waals surface area contributed by atoms with E-state index in [1.165, 1.54) is 61.6 Å². The number of hydrogen-bond acceptors (Lipinski definition) is 1. The van der Waals surface area contributed by atoms with Crippen molar-refractivity contribution in [2.24, 2.45) is 17.8 Å². The van der Waals surface area contributed by atoms with Crippen LogP contribution in [0.2, 0.25) is 5.02 Å². The Morgan fingerprint density at radius 1 is 0.564 bits per heavy atom. The third-order valence-electron chi connectivity index (χ3n) is 8.51. The van der Waals surface area contributed by atoms with E-state index in [-0.39, 0.29) is 0 Å². The Kier molecular flexibility index (Phi) is 12.9. The molecule has 3 aromatic rings. The predicted molar refractivity (Wildman–Crippen MR) is 170 cm³/mol. The van der Waals surface area contributed by atoms with E-state index >= 15 is 0 Å². The minimum atomic E-state index is 0.548. The molecule has 0 aliphatic carbocycles. The van der Waals surface area contributed by atoms with E-state index in [9.17, 15) is 0 Å². The van der Waals surface area contributed by atoms with E-state index in [4.69, 9.17) is 16.3 Å². The summed E-state index contributed by atoms with van der Waals surface area (Å²) in [4.78, 5) is 0. The Bertz CT molecular complexity index is 1060. The Morgan fingerprint density at radius 3 is 1.64 bits per heavy atom. The molecule has 0 N–H and O–H groups in total. The van der Waals surface area contributed by atoms with Gasteiger partial charge in [-0.05, 0) is 109 Å². The first-order valence-electron chi connectivity index (χ1n) is 15.2. The van der Waals surface area contributed by atoms with Crippen LogP contribution in [0.1, 0.15) is 114 Å². The highest BCUT2D eigenvalue weighted by Crippen LogP contribution is 2.36. The molecule has 2 heteroatoms. The maximum atomic E-state index is 6.11. The van der Waals surface area contributed by atoms with Crippen LogP contribution in [0.25, 0.3) is 0 Å². The lowest BCUT2D eigenvalue weighted by Gasteiger charge is -2.26. The van der Waals surface area contributed by atoms with E-state index in [2.05, 4.69) is 101 Å². The van der Waals surface area contributed by atoms with E-state index in [0.717, 1.165) is 10.8 Å². The normalized spacial score (nSPS) is 15.5. The second-order valence-corrected chi connectivity index (χ2v) is 12.9. The van der Waals surface area contributed by atoms with Crippen LogP contribution in [0.3, 0.4) is 0 Å². The number of ether oxygens (including phenoxy) is 1. The Balaban J connectivity index is 1.62. The van der Waals surface area contributed by atoms with Crippen LogP contribution >= 0.6 is 11.6 Å². The molecule has 0 heterocycles. The van der Waals surface area contributed by atoms with Crippen molar-refractivity contribution in [2.75, 3.05) is 7.11 Å². The molecule has 0 aliphatic heterocycles. The number of rotatable bonds is 16. The molecule has 0 radical (unpaired) electrons. The molecular weight excluding hydrogens is 496 g/mol. The van der Waals surface area contributed by atoms with Crippen LogP contribution in [-0.2, 0) is 0 Å². The largest absolute Gasteiger partial charge is 0.497 e. The van der Waals surface area contributed by atoms with Crippen molar-refractivity contribution in [2.45, 2.75) is 97.3 Å². The molecule has 0 amide bonds. The van der Waals surface area contributed by atoms with Gasteiger partial charge in [0.25, 0.3) is 0 Å². The zero-order valence-electron chi connectivity index (χ0n) is 25.2. The van der Waals surface area contributed by atoms with Crippen molar-refractivity contribution < 1.29 is 4.74 Å². The molecule has 3 rings (SSSR count). The van der Waals surface area contributed by atoms with Crippen LogP contribution in [0.4, 0.5) is 0 Å². The molecule has 5 atom stereocenters. The molecule has 3 aromatic carbocycles. The van der Waals surface area contributed by atoms with Crippen molar-refractivity contribution >= 4 is 11.6 Å². The van der Waals surface area contributed by atoms with Crippen molar-refractivity contribution in [3.05, 3.63) is 101 Å². The van der Waals surface area contributed by atoms with Gasteiger partial charge in [-0.25, -0.2) is 0 Å². The number of benzene rings is 3. The molecule has 0 saturated carbocycles. The summed E-state index contributed by atoms with van der Waals surface area (Å²) in [6.07, 6.45) is 8.76. The Labute approximate surface area is 244 Å². The monoisotopic (exact) mass is 546 g/mol. The first-order chi connectivity index (χ1) is 18.7. The number of methoxy groups -OCH3 is 1. The van der Waals surface area contributed by atoms with Gasteiger partial charge >= 0.3 is 0 Å². The predicted octanol–water partition coefficient (Wildman–Crippen LogP) is 11.7. The van der Waals surface area contributed by atoms with E-state index < -0.39 is 0 Å². The SMILES string of the molecule is COc1ccc(C(CCC(C)CC(C)c2ccc(Cl)cc2)CC(C)CCC(CC(C)C)c2ccccc2)cc1. The molecule has 212 valence electrons. The summed E-state index contributed by atoms with van der Waals surface area (Å²) in [7, 11) is 1.75. The summed E-state index contributed by atoms with van der Waals surface area (Å²) in [6, 6.07) is 28.4. The smallest absolute Gasteiger partial charge is 0.118 e. The van der Waals surface area contributed by atoms with Crippen molar-refractivity contribution in [3.8, 4) is 5.75 Å². The maximum absolute atomic E-state index is 6.11. The van der Waals surface area contributed by atoms with Gasteiger partial charge in [0.2, 0.25) is 0 Å². The third-order valence-corrected chi connectivity index (χ3v) is 8.76. The summed E-state index contributed by atoms with van der Waals surface area (Å²) < 4.78 is 5.45. The van der Waals surface area contributed by atoms with Crippen molar-refractivity contribution in [1.82, 2.24) is 0 Å². The molecule has 0 saturated heterocycles. The average Bonchev–Trinajstić information content (AvgIpc) is 2.94. The Hall–Kier alpha value is -2.25. The second-order valence-electron chi connectivity index (χ2n) is 12.5. The van der Waals surface area contributed by atoms with Crippen LogP contribution in [0.15, 0.2) is 78.9 Å². The van der Waals surface area contributed by atoms with Crippen LogP contribution in [0, 0.1) is 17.8 Å². The molecule has 0 aromatic heterocycles. The minimum absolute atomic E-state index is 0.548. The average molecular weight is 547 g/mol. The summed E-state index contributed by atoms with van der Waals surface area (Å²) in [5.41, 5.74) is 4.36. The molecular formula is C37H51ClO. The molecule has 0 bridgehead atoms. The van der Waals surface area contributed by atoms with Crippen LogP contribution < -0.4 is 4.74 Å². The first-order valence-corrected chi connectivity index (χ1v) is 15.6. The van der Waals surface area contributed by atoms with Gasteiger partial charge in [0.05, 0.1) is 7.11 Å². The highest BCUT2D eigenvalue weighted by Gasteiger charge is 2.20. The fourth-order valence-electron chi connectivity index (χ4n) is 6.24. The minimum Gasteiger partial charge on any atom is -0.497 e. The van der Waals surface area contributed by atoms with Gasteiger partial charge in [-0.2, -0.15) is 0 Å². The molecule has 0 aliphatic rings. The molecule has 39 heavy (non-hydrogen) atoms. The fourth-order valence-corrected chi connectivity index (χ4v) is 6.36. The maximum Gasteiger partial charge on any atom is 0.118 e. The van der Waals surface area contributed by atoms with Gasteiger partial charge in [0, 0.05) is 5.02 Å². The van der Waals surface area contributed by atoms with Gasteiger partial charge in [-0.3, -0.25) is 0 Å². The van der Waals surface area contributed by atoms with E-state index in [0.29, 0.717) is 35.5 Å². The van der Waals surface area contributed by atoms with E-state index in [1.807, 2.05) is 12.1 Å². The zero-order valence-corrected chi connectivity index (χ0v) is 26.0. The molecule has 0 spiro atoms. The quantitative estimate of drug-likeness (QED) is 0.173. The van der Waals surface area contributed by atoms with Gasteiger partial charge in [0.1, 0.15) is 5.75 Å². The molecule has 1 nitrogen and oxygen atoms in total. The summed E-state index contributed by atoms with van der Waals surface area (Å²) in [5, 5.41) is 0.815. The van der Waals surface area contributed by atoms with Crippen molar-refractivity contribution in [1.29, 1.82) is 0 Å². The van der Waals surface area contributed by atoms with E-state index in [1.54, 1.807) is 7.11 Å². The van der Waals surface area contributed by atoms with Crippen LogP contribution in [0.5, 0.6) is 5.75 Å². The lowest BCUT2D eigenvalue weighted by atomic mass is 9.79. The standard InChI is InChI=1S/C37H51ClO/c1-27(2)24-34(32-10-8-7-9-11-32)14-13-29(4)26-35(33-18-22-37(39-6)23-19-33)15-12-28(3)25-30(5)31-16-20-36(38)21-17-31/h7-11,16-23,27-30,34-35H,12-15,24-26H2,1-6H3. The number of hydrogen-bond donors (Lipinski definition) is 0. The van der Waals surface area contributed by atoms with Gasteiger partial charge in [-0.15, -0.1) is 0 Å². The molecule has 0 fully saturated rings. The van der Waals surface area contributed by atoms with Gasteiger partial charge in [0.15, 0.2) is 0 Å². The van der Waals surface area contributed by atoms with Crippen LogP contribution in [-0.4, -0.2) is 7.11 Å². The lowest BCUT2D eigenvalue weighted by Crippen LogP contribution is -2.11. The summed E-state index contributed by atoms with van der Waals surface area (Å²) in [5.74, 6) is 4.82. The van der Waals surface area contributed by atoms with Gasteiger partial charge in [-0.1, -0.05) is 114 Å². The summed E-state index contributed by atoms with van der Waals surface area (Å²) >= 11 is 6.11. The fraction of sp³-hybridized carbons (Fsp3) is 0.514.